The first-order valence-electron chi connectivity index (χ1n) is 9.14. The molecule has 7 nitrogen and oxygen atoms in total. The molecule has 0 amide bonds. The van der Waals surface area contributed by atoms with Gasteiger partial charge < -0.3 is 18.6 Å². The number of aromatic nitrogens is 3. The number of hydrogen-bond acceptors (Lipinski definition) is 6. The van der Waals surface area contributed by atoms with E-state index in [4.69, 9.17) is 18.6 Å². The Bertz CT molecular complexity index is 1010. The van der Waals surface area contributed by atoms with Gasteiger partial charge >= 0.3 is 0 Å². The lowest BCUT2D eigenvalue weighted by atomic mass is 10.1. The van der Waals surface area contributed by atoms with Crippen molar-refractivity contribution in [2.45, 2.75) is 18.3 Å². The van der Waals surface area contributed by atoms with Crippen molar-refractivity contribution in [1.29, 1.82) is 0 Å². The van der Waals surface area contributed by atoms with E-state index >= 15 is 0 Å². The van der Waals surface area contributed by atoms with Gasteiger partial charge in [-0.25, -0.2) is 4.98 Å². The highest BCUT2D eigenvalue weighted by Crippen LogP contribution is 2.39. The number of fused-ring (bicyclic) bond motifs is 1. The maximum atomic E-state index is 6.32. The zero-order chi connectivity index (χ0) is 18.8. The van der Waals surface area contributed by atoms with Crippen LogP contribution < -0.4 is 4.74 Å². The summed E-state index contributed by atoms with van der Waals surface area (Å²) in [7, 11) is 0. The maximum Gasteiger partial charge on any atom is 0.236 e. The summed E-state index contributed by atoms with van der Waals surface area (Å²) in [5.74, 6) is 0.887. The number of aromatic amines is 1. The van der Waals surface area contributed by atoms with E-state index in [1.165, 1.54) is 6.33 Å². The van der Waals surface area contributed by atoms with Crippen LogP contribution in [0.1, 0.15) is 11.6 Å². The van der Waals surface area contributed by atoms with Gasteiger partial charge in [-0.1, -0.05) is 36.4 Å². The van der Waals surface area contributed by atoms with Gasteiger partial charge in [0, 0.05) is 5.39 Å². The van der Waals surface area contributed by atoms with Crippen LogP contribution in [0, 0.1) is 0 Å². The second-order valence-electron chi connectivity index (χ2n) is 6.67. The number of rotatable bonds is 6. The van der Waals surface area contributed by atoms with Gasteiger partial charge in [0.1, 0.15) is 30.4 Å². The third-order valence-electron chi connectivity index (χ3n) is 4.70. The first kappa shape index (κ1) is 17.0. The average Bonchev–Trinajstić information content (AvgIpc) is 3.47. The van der Waals surface area contributed by atoms with E-state index in [-0.39, 0.29) is 6.10 Å². The summed E-state index contributed by atoms with van der Waals surface area (Å²) in [6.45, 7) is 0.758. The number of benzene rings is 2. The zero-order valence-corrected chi connectivity index (χ0v) is 15.1. The topological polar surface area (TPSA) is 82.4 Å². The Labute approximate surface area is 161 Å². The van der Waals surface area contributed by atoms with E-state index in [0.29, 0.717) is 31.2 Å². The van der Waals surface area contributed by atoms with Gasteiger partial charge in [0.05, 0.1) is 13.0 Å². The minimum absolute atomic E-state index is 0.243. The highest BCUT2D eigenvalue weighted by molar-refractivity contribution is 5.77. The van der Waals surface area contributed by atoms with Crippen molar-refractivity contribution < 1.29 is 18.6 Å². The summed E-state index contributed by atoms with van der Waals surface area (Å²) in [6, 6.07) is 19.4. The van der Waals surface area contributed by atoms with Crippen LogP contribution in [0.2, 0.25) is 0 Å². The number of hydrogen-bond donors (Lipinski definition) is 1. The molecular weight excluding hydrogens is 358 g/mol. The zero-order valence-electron chi connectivity index (χ0n) is 15.1. The monoisotopic (exact) mass is 377 g/mol. The molecule has 142 valence electrons. The van der Waals surface area contributed by atoms with Gasteiger partial charge in [-0.15, -0.1) is 0 Å². The molecule has 0 bridgehead atoms. The van der Waals surface area contributed by atoms with Crippen LogP contribution in [0.25, 0.3) is 11.0 Å². The number of H-pyrrole nitrogens is 1. The van der Waals surface area contributed by atoms with Gasteiger partial charge in [-0.3, -0.25) is 5.10 Å². The molecule has 2 aromatic carbocycles. The van der Waals surface area contributed by atoms with Crippen LogP contribution in [0.5, 0.6) is 5.75 Å². The second-order valence-corrected chi connectivity index (χ2v) is 6.67. The minimum Gasteiger partial charge on any atom is -0.491 e. The Morgan fingerprint density at radius 1 is 1.11 bits per heavy atom. The third kappa shape index (κ3) is 3.26. The summed E-state index contributed by atoms with van der Waals surface area (Å²) in [6.07, 6.45) is 1.62. The van der Waals surface area contributed by atoms with Crippen molar-refractivity contribution in [2.75, 3.05) is 13.2 Å². The lowest BCUT2D eigenvalue weighted by Crippen LogP contribution is -2.32. The van der Waals surface area contributed by atoms with Gasteiger partial charge in [0.25, 0.3) is 0 Å². The molecule has 4 aromatic rings. The molecule has 3 heterocycles. The first-order valence-corrected chi connectivity index (χ1v) is 9.14. The van der Waals surface area contributed by atoms with Crippen molar-refractivity contribution in [2.24, 2.45) is 0 Å². The van der Waals surface area contributed by atoms with E-state index < -0.39 is 5.79 Å². The van der Waals surface area contributed by atoms with Crippen molar-refractivity contribution in [1.82, 2.24) is 15.2 Å². The molecule has 0 saturated carbocycles. The van der Waals surface area contributed by atoms with Crippen LogP contribution in [0.3, 0.4) is 0 Å². The Morgan fingerprint density at radius 2 is 1.96 bits per heavy atom. The number of furan rings is 1. The highest BCUT2D eigenvalue weighted by atomic mass is 16.8. The number of para-hydroxylation sites is 2. The van der Waals surface area contributed by atoms with E-state index in [9.17, 15) is 0 Å². The summed E-state index contributed by atoms with van der Waals surface area (Å²) in [4.78, 5) is 4.22. The smallest absolute Gasteiger partial charge is 0.236 e. The fourth-order valence-electron chi connectivity index (χ4n) is 3.36. The Balaban J connectivity index is 1.40. The quantitative estimate of drug-likeness (QED) is 0.554. The predicted molar refractivity (Wildman–Crippen MR) is 101 cm³/mol. The molecule has 2 aromatic heterocycles. The lowest BCUT2D eigenvalue weighted by molar-refractivity contribution is -0.190. The Hall–Kier alpha value is -3.16. The number of ether oxygens (including phenoxy) is 3. The van der Waals surface area contributed by atoms with Gasteiger partial charge in [-0.05, 0) is 24.3 Å². The van der Waals surface area contributed by atoms with Crippen LogP contribution in [0.15, 0.2) is 71.4 Å². The molecule has 1 aliphatic rings. The van der Waals surface area contributed by atoms with E-state index in [1.54, 1.807) is 0 Å². The van der Waals surface area contributed by atoms with Crippen LogP contribution >= 0.6 is 0 Å². The predicted octanol–water partition coefficient (Wildman–Crippen LogP) is 3.44. The van der Waals surface area contributed by atoms with E-state index in [0.717, 1.165) is 16.7 Å². The largest absolute Gasteiger partial charge is 0.491 e. The number of nitrogens with zero attached hydrogens (tertiary/aromatic N) is 2. The third-order valence-corrected chi connectivity index (χ3v) is 4.70. The molecule has 1 aliphatic heterocycles. The SMILES string of the molecule is c1ccc(OCC2COC(Cc3nc[nH]n3)(c3cc4ccccc4o3)O2)cc1. The molecule has 0 aliphatic carbocycles. The fourth-order valence-corrected chi connectivity index (χ4v) is 3.36. The molecule has 7 heteroatoms. The second kappa shape index (κ2) is 7.10. The Morgan fingerprint density at radius 3 is 2.79 bits per heavy atom. The van der Waals surface area contributed by atoms with Crippen LogP contribution in [0.4, 0.5) is 0 Å². The van der Waals surface area contributed by atoms with E-state index in [1.807, 2.05) is 60.7 Å². The molecule has 0 spiro atoms. The summed E-state index contributed by atoms with van der Waals surface area (Å²) in [5, 5.41) is 7.87. The van der Waals surface area contributed by atoms with Crippen molar-refractivity contribution in [3.05, 3.63) is 78.6 Å². The van der Waals surface area contributed by atoms with Crippen LogP contribution in [-0.2, 0) is 21.7 Å². The van der Waals surface area contributed by atoms with Crippen molar-refractivity contribution in [3.63, 3.8) is 0 Å². The molecule has 2 atom stereocenters. The maximum absolute atomic E-state index is 6.32. The number of nitrogens with one attached hydrogen (secondary N) is 1. The molecule has 2 unspecified atom stereocenters. The summed E-state index contributed by atoms with van der Waals surface area (Å²) >= 11 is 0. The standard InChI is InChI=1S/C21H19N3O4/c1-2-7-16(8-3-1)25-12-17-13-26-21(28-17,11-20-22-14-23-24-20)19-10-15-6-4-5-9-18(15)27-19/h1-10,14,17H,11-13H2,(H,22,23,24). The molecule has 5 rings (SSSR count). The molecule has 1 fully saturated rings. The Kier molecular flexibility index (Phi) is 4.31. The first-order chi connectivity index (χ1) is 13.8. The molecular formula is C21H19N3O4. The van der Waals surface area contributed by atoms with Crippen molar-refractivity contribution in [3.8, 4) is 5.75 Å². The molecule has 0 radical (unpaired) electrons. The molecule has 1 N–H and O–H groups in total. The molecule has 1 saturated heterocycles. The normalized spacial score (nSPS) is 21.9. The fraction of sp³-hybridized carbons (Fsp3) is 0.238. The van der Waals surface area contributed by atoms with Gasteiger partial charge in [0.15, 0.2) is 11.6 Å². The van der Waals surface area contributed by atoms with Gasteiger partial charge in [-0.2, -0.15) is 5.10 Å². The summed E-state index contributed by atoms with van der Waals surface area (Å²) < 4.78 is 24.4. The molecule has 28 heavy (non-hydrogen) atoms. The minimum atomic E-state index is -1.09. The van der Waals surface area contributed by atoms with Crippen molar-refractivity contribution >= 4 is 11.0 Å². The van der Waals surface area contributed by atoms with Crippen LogP contribution in [-0.4, -0.2) is 34.5 Å². The highest BCUT2D eigenvalue weighted by Gasteiger charge is 2.47. The van der Waals surface area contributed by atoms with E-state index in [2.05, 4.69) is 15.2 Å². The summed E-state index contributed by atoms with van der Waals surface area (Å²) in [5.41, 5.74) is 0.781. The van der Waals surface area contributed by atoms with Gasteiger partial charge in [0.2, 0.25) is 5.79 Å². The average molecular weight is 377 g/mol. The lowest BCUT2D eigenvalue weighted by Gasteiger charge is -2.24.